The molecule has 6 heteroatoms. The lowest BCUT2D eigenvalue weighted by Gasteiger charge is -2.24. The molecule has 1 aliphatic rings. The molecular weight excluding hydrogens is 308 g/mol. The first-order valence-corrected chi connectivity index (χ1v) is 7.96. The fourth-order valence-electron chi connectivity index (χ4n) is 2.27. The van der Waals surface area contributed by atoms with E-state index in [4.69, 9.17) is 9.47 Å². The van der Waals surface area contributed by atoms with Gasteiger partial charge in [-0.1, -0.05) is 6.07 Å². The van der Waals surface area contributed by atoms with Crippen LogP contribution in [0.15, 0.2) is 24.3 Å². The first kappa shape index (κ1) is 17.8. The van der Waals surface area contributed by atoms with Crippen LogP contribution in [0.5, 0.6) is 11.5 Å². The Kier molecular flexibility index (Phi) is 5.49. The van der Waals surface area contributed by atoms with Crippen molar-refractivity contribution in [3.63, 3.8) is 0 Å². The van der Waals surface area contributed by atoms with Crippen molar-refractivity contribution < 1.29 is 19.1 Å². The number of hydrogen-bond donors (Lipinski definition) is 1. The maximum absolute atomic E-state index is 12.3. The summed E-state index contributed by atoms with van der Waals surface area (Å²) in [6.07, 6.45) is 3.17. The van der Waals surface area contributed by atoms with Gasteiger partial charge in [0.05, 0.1) is 6.54 Å². The van der Waals surface area contributed by atoms with Crippen molar-refractivity contribution in [2.75, 3.05) is 19.9 Å². The molecular formula is C18H24N2O4. The second kappa shape index (κ2) is 7.38. The summed E-state index contributed by atoms with van der Waals surface area (Å²) < 4.78 is 10.6. The molecule has 6 nitrogen and oxygen atoms in total. The van der Waals surface area contributed by atoms with Crippen LogP contribution in [0.1, 0.15) is 33.3 Å². The molecule has 0 bridgehead atoms. The fraction of sp³-hybridized carbons (Fsp3) is 0.444. The SMILES string of the molecule is CCN(CC(=O)NC(C)(C)C)C(=O)/C=C/c1ccc2c(c1)OCO2. The normalized spacial score (nSPS) is 13.2. The Bertz CT molecular complexity index is 647. The number of carbonyl (C=O) groups is 2. The lowest BCUT2D eigenvalue weighted by atomic mass is 10.1. The molecule has 1 aliphatic heterocycles. The van der Waals surface area contributed by atoms with Crippen molar-refractivity contribution >= 4 is 17.9 Å². The molecule has 0 radical (unpaired) electrons. The van der Waals surface area contributed by atoms with Gasteiger partial charge in [0.1, 0.15) is 0 Å². The number of nitrogens with one attached hydrogen (secondary N) is 1. The zero-order valence-electron chi connectivity index (χ0n) is 14.6. The van der Waals surface area contributed by atoms with E-state index in [0.29, 0.717) is 18.0 Å². The van der Waals surface area contributed by atoms with Gasteiger partial charge in [-0.05, 0) is 51.5 Å². The number of benzene rings is 1. The minimum absolute atomic E-state index is 0.0398. The van der Waals surface area contributed by atoms with E-state index in [1.165, 1.54) is 11.0 Å². The lowest BCUT2D eigenvalue weighted by Crippen LogP contribution is -2.47. The van der Waals surface area contributed by atoms with Gasteiger partial charge in [-0.2, -0.15) is 0 Å². The number of hydrogen-bond acceptors (Lipinski definition) is 4. The van der Waals surface area contributed by atoms with Crippen LogP contribution in [0.4, 0.5) is 0 Å². The Balaban J connectivity index is 1.97. The number of likely N-dealkylation sites (N-methyl/N-ethyl adjacent to an activating group) is 1. The molecule has 1 heterocycles. The van der Waals surface area contributed by atoms with Crippen molar-refractivity contribution in [2.45, 2.75) is 33.2 Å². The molecule has 2 rings (SSSR count). The van der Waals surface area contributed by atoms with Crippen molar-refractivity contribution in [3.05, 3.63) is 29.8 Å². The second-order valence-electron chi connectivity index (χ2n) is 6.60. The van der Waals surface area contributed by atoms with Gasteiger partial charge in [-0.25, -0.2) is 0 Å². The molecule has 130 valence electrons. The predicted octanol–water partition coefficient (Wildman–Crippen LogP) is 2.19. The van der Waals surface area contributed by atoms with Crippen molar-refractivity contribution in [2.24, 2.45) is 0 Å². The van der Waals surface area contributed by atoms with Gasteiger partial charge in [0.2, 0.25) is 18.6 Å². The standard InChI is InChI=1S/C18H24N2O4/c1-5-20(11-16(21)19-18(2,3)4)17(22)9-7-13-6-8-14-15(10-13)24-12-23-14/h6-10H,5,11-12H2,1-4H3,(H,19,21)/b9-7+. The molecule has 0 fully saturated rings. The molecule has 0 unspecified atom stereocenters. The zero-order chi connectivity index (χ0) is 17.7. The van der Waals surface area contributed by atoms with Gasteiger partial charge in [0.15, 0.2) is 11.5 Å². The zero-order valence-corrected chi connectivity index (χ0v) is 14.6. The van der Waals surface area contributed by atoms with Crippen molar-refractivity contribution in [1.29, 1.82) is 0 Å². The van der Waals surface area contributed by atoms with E-state index in [1.54, 1.807) is 12.1 Å². The van der Waals surface area contributed by atoms with E-state index >= 15 is 0 Å². The fourth-order valence-corrected chi connectivity index (χ4v) is 2.27. The third-order valence-corrected chi connectivity index (χ3v) is 3.36. The molecule has 0 saturated carbocycles. The highest BCUT2D eigenvalue weighted by atomic mass is 16.7. The summed E-state index contributed by atoms with van der Waals surface area (Å²) in [7, 11) is 0. The van der Waals surface area contributed by atoms with Gasteiger partial charge < -0.3 is 19.7 Å². The Morgan fingerprint density at radius 1 is 1.25 bits per heavy atom. The van der Waals surface area contributed by atoms with Crippen LogP contribution >= 0.6 is 0 Å². The quantitative estimate of drug-likeness (QED) is 0.839. The summed E-state index contributed by atoms with van der Waals surface area (Å²) in [5, 5.41) is 2.85. The van der Waals surface area contributed by atoms with E-state index in [9.17, 15) is 9.59 Å². The van der Waals surface area contributed by atoms with Gasteiger partial charge in [0.25, 0.3) is 0 Å². The highest BCUT2D eigenvalue weighted by molar-refractivity contribution is 5.94. The van der Waals surface area contributed by atoms with Crippen LogP contribution in [0, 0.1) is 0 Å². The summed E-state index contributed by atoms with van der Waals surface area (Å²) in [6.45, 7) is 8.28. The van der Waals surface area contributed by atoms with Gasteiger partial charge in [-0.15, -0.1) is 0 Å². The molecule has 0 aromatic heterocycles. The summed E-state index contributed by atoms with van der Waals surface area (Å²) in [5.74, 6) is 0.988. The average molecular weight is 332 g/mol. The van der Waals surface area contributed by atoms with Crippen LogP contribution in [0.2, 0.25) is 0 Å². The minimum atomic E-state index is -0.318. The number of rotatable bonds is 5. The molecule has 0 aliphatic carbocycles. The molecule has 2 amide bonds. The summed E-state index contributed by atoms with van der Waals surface area (Å²) in [4.78, 5) is 25.8. The average Bonchev–Trinajstić information content (AvgIpc) is 2.96. The summed E-state index contributed by atoms with van der Waals surface area (Å²) in [5.41, 5.74) is 0.518. The van der Waals surface area contributed by atoms with Gasteiger partial charge in [0, 0.05) is 18.2 Å². The highest BCUT2D eigenvalue weighted by Gasteiger charge is 2.18. The number of nitrogens with zero attached hydrogens (tertiary/aromatic N) is 1. The Morgan fingerprint density at radius 2 is 1.96 bits per heavy atom. The molecule has 1 aromatic carbocycles. The molecule has 0 atom stereocenters. The van der Waals surface area contributed by atoms with Crippen molar-refractivity contribution in [1.82, 2.24) is 10.2 Å². The predicted molar refractivity (Wildman–Crippen MR) is 91.7 cm³/mol. The highest BCUT2D eigenvalue weighted by Crippen LogP contribution is 2.32. The number of ether oxygens (including phenoxy) is 2. The maximum Gasteiger partial charge on any atom is 0.247 e. The number of carbonyl (C=O) groups excluding carboxylic acids is 2. The molecule has 0 spiro atoms. The Labute approximate surface area is 142 Å². The third-order valence-electron chi connectivity index (χ3n) is 3.36. The second-order valence-corrected chi connectivity index (χ2v) is 6.60. The van der Waals surface area contributed by atoms with Crippen LogP contribution in [-0.2, 0) is 9.59 Å². The summed E-state index contributed by atoms with van der Waals surface area (Å²) in [6, 6.07) is 5.47. The topological polar surface area (TPSA) is 67.9 Å². The van der Waals surface area contributed by atoms with E-state index in [-0.39, 0.29) is 30.7 Å². The number of amides is 2. The largest absolute Gasteiger partial charge is 0.454 e. The van der Waals surface area contributed by atoms with Gasteiger partial charge in [-0.3, -0.25) is 9.59 Å². The molecule has 24 heavy (non-hydrogen) atoms. The van der Waals surface area contributed by atoms with Crippen LogP contribution in [-0.4, -0.2) is 42.1 Å². The van der Waals surface area contributed by atoms with Crippen LogP contribution < -0.4 is 14.8 Å². The lowest BCUT2D eigenvalue weighted by molar-refractivity contribution is -0.132. The monoisotopic (exact) mass is 332 g/mol. The third kappa shape index (κ3) is 5.01. The van der Waals surface area contributed by atoms with E-state index < -0.39 is 0 Å². The molecule has 0 saturated heterocycles. The van der Waals surface area contributed by atoms with Crippen LogP contribution in [0.25, 0.3) is 6.08 Å². The van der Waals surface area contributed by atoms with E-state index in [1.807, 2.05) is 39.8 Å². The van der Waals surface area contributed by atoms with Crippen molar-refractivity contribution in [3.8, 4) is 11.5 Å². The van der Waals surface area contributed by atoms with Gasteiger partial charge >= 0.3 is 0 Å². The molecule has 1 aromatic rings. The van der Waals surface area contributed by atoms with E-state index in [2.05, 4.69) is 5.32 Å². The first-order chi connectivity index (χ1) is 11.3. The smallest absolute Gasteiger partial charge is 0.247 e. The first-order valence-electron chi connectivity index (χ1n) is 7.96. The Hall–Kier alpha value is -2.50. The Morgan fingerprint density at radius 3 is 2.62 bits per heavy atom. The molecule has 1 N–H and O–H groups in total. The number of fused-ring (bicyclic) bond motifs is 1. The van der Waals surface area contributed by atoms with E-state index in [0.717, 1.165) is 5.56 Å². The minimum Gasteiger partial charge on any atom is -0.454 e. The maximum atomic E-state index is 12.3. The summed E-state index contributed by atoms with van der Waals surface area (Å²) >= 11 is 0. The van der Waals surface area contributed by atoms with Crippen LogP contribution in [0.3, 0.4) is 0 Å².